The zero-order chi connectivity index (χ0) is 12.8. The van der Waals surface area contributed by atoms with Crippen LogP contribution < -0.4 is 5.73 Å². The molecule has 1 saturated heterocycles. The predicted molar refractivity (Wildman–Crippen MR) is 77.2 cm³/mol. The van der Waals surface area contributed by atoms with Gasteiger partial charge >= 0.3 is 0 Å². The molecule has 2 heteroatoms. The van der Waals surface area contributed by atoms with Crippen LogP contribution in [0.3, 0.4) is 0 Å². The van der Waals surface area contributed by atoms with Crippen LogP contribution in [0.2, 0.25) is 0 Å². The van der Waals surface area contributed by atoms with Crippen molar-refractivity contribution >= 4 is 0 Å². The van der Waals surface area contributed by atoms with Crippen LogP contribution in [0.5, 0.6) is 0 Å². The van der Waals surface area contributed by atoms with E-state index in [1.54, 1.807) is 0 Å². The maximum atomic E-state index is 5.70. The molecule has 2 N–H and O–H groups in total. The average molecular weight is 246 g/mol. The van der Waals surface area contributed by atoms with E-state index in [-0.39, 0.29) is 0 Å². The van der Waals surface area contributed by atoms with Gasteiger partial charge in [0.2, 0.25) is 0 Å². The smallest absolute Gasteiger partial charge is 0.0233 e. The molecule has 0 bridgehead atoms. The lowest BCUT2D eigenvalue weighted by Gasteiger charge is -2.20. The standard InChI is InChI=1S/C16H26N2/c1-2-14-7-4-9-18(10-8-14)13-16-6-3-5-15(11-16)12-17/h3,5-6,11,14H,2,4,7-10,12-13,17H2,1H3. The highest BCUT2D eigenvalue weighted by Gasteiger charge is 2.15. The summed E-state index contributed by atoms with van der Waals surface area (Å²) in [4.78, 5) is 2.60. The van der Waals surface area contributed by atoms with E-state index in [9.17, 15) is 0 Å². The van der Waals surface area contributed by atoms with Gasteiger partial charge in [0.05, 0.1) is 0 Å². The summed E-state index contributed by atoms with van der Waals surface area (Å²) in [7, 11) is 0. The number of hydrogen-bond donors (Lipinski definition) is 1. The van der Waals surface area contributed by atoms with Crippen molar-refractivity contribution in [1.29, 1.82) is 0 Å². The number of likely N-dealkylation sites (tertiary alicyclic amines) is 1. The average Bonchev–Trinajstić information content (AvgIpc) is 2.64. The van der Waals surface area contributed by atoms with Crippen molar-refractivity contribution in [1.82, 2.24) is 4.90 Å². The third-order valence-electron chi connectivity index (χ3n) is 4.15. The van der Waals surface area contributed by atoms with Crippen molar-refractivity contribution in [2.24, 2.45) is 11.7 Å². The Bertz CT molecular complexity index is 362. The summed E-state index contributed by atoms with van der Waals surface area (Å²) in [6, 6.07) is 8.72. The fraction of sp³-hybridized carbons (Fsp3) is 0.625. The molecule has 1 unspecified atom stereocenters. The first-order chi connectivity index (χ1) is 8.81. The molecule has 0 aliphatic carbocycles. The van der Waals surface area contributed by atoms with Crippen molar-refractivity contribution in [2.45, 2.75) is 45.7 Å². The summed E-state index contributed by atoms with van der Waals surface area (Å²) in [5.41, 5.74) is 8.35. The summed E-state index contributed by atoms with van der Waals surface area (Å²) in [6.45, 7) is 6.57. The Labute approximate surface area is 111 Å². The Morgan fingerprint density at radius 3 is 2.83 bits per heavy atom. The fourth-order valence-corrected chi connectivity index (χ4v) is 2.90. The molecule has 1 aromatic carbocycles. The minimum Gasteiger partial charge on any atom is -0.326 e. The minimum atomic E-state index is 0.645. The molecule has 1 fully saturated rings. The van der Waals surface area contributed by atoms with Crippen LogP contribution in [-0.4, -0.2) is 18.0 Å². The first kappa shape index (κ1) is 13.6. The van der Waals surface area contributed by atoms with E-state index < -0.39 is 0 Å². The first-order valence-electron chi connectivity index (χ1n) is 7.32. The third-order valence-corrected chi connectivity index (χ3v) is 4.15. The van der Waals surface area contributed by atoms with E-state index >= 15 is 0 Å². The highest BCUT2D eigenvalue weighted by Crippen LogP contribution is 2.21. The number of rotatable bonds is 4. The quantitative estimate of drug-likeness (QED) is 0.884. The highest BCUT2D eigenvalue weighted by atomic mass is 15.1. The van der Waals surface area contributed by atoms with E-state index in [1.807, 2.05) is 0 Å². The highest BCUT2D eigenvalue weighted by molar-refractivity contribution is 5.23. The van der Waals surface area contributed by atoms with E-state index in [4.69, 9.17) is 5.73 Å². The molecule has 100 valence electrons. The molecule has 1 atom stereocenters. The molecule has 1 aliphatic rings. The van der Waals surface area contributed by atoms with Crippen molar-refractivity contribution in [2.75, 3.05) is 13.1 Å². The Hall–Kier alpha value is -0.860. The molecular formula is C16H26N2. The third kappa shape index (κ3) is 3.82. The zero-order valence-electron chi connectivity index (χ0n) is 11.6. The largest absolute Gasteiger partial charge is 0.326 e. The van der Waals surface area contributed by atoms with E-state index in [2.05, 4.69) is 36.1 Å². The second-order valence-corrected chi connectivity index (χ2v) is 5.51. The maximum absolute atomic E-state index is 5.70. The van der Waals surface area contributed by atoms with Gasteiger partial charge in [0.15, 0.2) is 0 Å². The summed E-state index contributed by atoms with van der Waals surface area (Å²) in [6.07, 6.45) is 5.48. The Morgan fingerprint density at radius 2 is 2.06 bits per heavy atom. The molecule has 0 aromatic heterocycles. The summed E-state index contributed by atoms with van der Waals surface area (Å²) < 4.78 is 0. The molecule has 0 amide bonds. The van der Waals surface area contributed by atoms with Gasteiger partial charge in [-0.25, -0.2) is 0 Å². The molecule has 0 saturated carbocycles. The molecule has 2 rings (SSSR count). The summed E-state index contributed by atoms with van der Waals surface area (Å²) >= 11 is 0. The van der Waals surface area contributed by atoms with Gasteiger partial charge in [0.25, 0.3) is 0 Å². The van der Waals surface area contributed by atoms with Crippen LogP contribution in [0.25, 0.3) is 0 Å². The normalized spacial score (nSPS) is 21.8. The SMILES string of the molecule is CCC1CCCN(Cc2cccc(CN)c2)CC1. The lowest BCUT2D eigenvalue weighted by atomic mass is 9.98. The number of nitrogens with zero attached hydrogens (tertiary/aromatic N) is 1. The monoisotopic (exact) mass is 246 g/mol. The molecule has 18 heavy (non-hydrogen) atoms. The van der Waals surface area contributed by atoms with Crippen molar-refractivity contribution < 1.29 is 0 Å². The molecule has 2 nitrogen and oxygen atoms in total. The second-order valence-electron chi connectivity index (χ2n) is 5.51. The van der Waals surface area contributed by atoms with E-state index in [1.165, 1.54) is 49.9 Å². The fourth-order valence-electron chi connectivity index (χ4n) is 2.90. The number of nitrogens with two attached hydrogens (primary N) is 1. The second kappa shape index (κ2) is 6.91. The van der Waals surface area contributed by atoms with Gasteiger partial charge < -0.3 is 5.73 Å². The molecule has 0 spiro atoms. The summed E-state index contributed by atoms with van der Waals surface area (Å²) in [5, 5.41) is 0. The van der Waals surface area contributed by atoms with Gasteiger partial charge in [0.1, 0.15) is 0 Å². The Balaban J connectivity index is 1.92. The van der Waals surface area contributed by atoms with Gasteiger partial charge in [-0.2, -0.15) is 0 Å². The number of benzene rings is 1. The van der Waals surface area contributed by atoms with Crippen LogP contribution in [0.1, 0.15) is 43.7 Å². The van der Waals surface area contributed by atoms with Crippen molar-refractivity contribution in [3.05, 3.63) is 35.4 Å². The van der Waals surface area contributed by atoms with Crippen LogP contribution in [-0.2, 0) is 13.1 Å². The molecule has 1 heterocycles. The van der Waals surface area contributed by atoms with Crippen molar-refractivity contribution in [3.8, 4) is 0 Å². The van der Waals surface area contributed by atoms with Crippen LogP contribution in [0.15, 0.2) is 24.3 Å². The summed E-state index contributed by atoms with van der Waals surface area (Å²) in [5.74, 6) is 0.949. The molecular weight excluding hydrogens is 220 g/mol. The number of hydrogen-bond acceptors (Lipinski definition) is 2. The lowest BCUT2D eigenvalue weighted by Crippen LogP contribution is -2.24. The van der Waals surface area contributed by atoms with Gasteiger partial charge in [-0.3, -0.25) is 4.90 Å². The predicted octanol–water partition coefficient (Wildman–Crippen LogP) is 3.16. The van der Waals surface area contributed by atoms with Crippen LogP contribution in [0.4, 0.5) is 0 Å². The maximum Gasteiger partial charge on any atom is 0.0233 e. The Kier molecular flexibility index (Phi) is 5.21. The van der Waals surface area contributed by atoms with Crippen LogP contribution >= 0.6 is 0 Å². The zero-order valence-corrected chi connectivity index (χ0v) is 11.6. The van der Waals surface area contributed by atoms with Gasteiger partial charge in [0, 0.05) is 13.1 Å². The molecule has 1 aromatic rings. The lowest BCUT2D eigenvalue weighted by molar-refractivity contribution is 0.272. The first-order valence-corrected chi connectivity index (χ1v) is 7.32. The van der Waals surface area contributed by atoms with Crippen LogP contribution in [0, 0.1) is 5.92 Å². The Morgan fingerprint density at radius 1 is 1.22 bits per heavy atom. The topological polar surface area (TPSA) is 29.3 Å². The molecule has 0 radical (unpaired) electrons. The van der Waals surface area contributed by atoms with E-state index in [0.29, 0.717) is 6.54 Å². The van der Waals surface area contributed by atoms with Gasteiger partial charge in [-0.05, 0) is 49.4 Å². The van der Waals surface area contributed by atoms with E-state index in [0.717, 1.165) is 12.5 Å². The van der Waals surface area contributed by atoms with Gasteiger partial charge in [-0.15, -0.1) is 0 Å². The molecule has 1 aliphatic heterocycles. The van der Waals surface area contributed by atoms with Crippen molar-refractivity contribution in [3.63, 3.8) is 0 Å². The van der Waals surface area contributed by atoms with Gasteiger partial charge in [-0.1, -0.05) is 37.6 Å². The minimum absolute atomic E-state index is 0.645.